The average molecular weight is 285 g/mol. The van der Waals surface area contributed by atoms with Crippen LogP contribution in [0.15, 0.2) is 18.2 Å². The van der Waals surface area contributed by atoms with Crippen LogP contribution in [0.5, 0.6) is 5.75 Å². The molecule has 0 aliphatic rings. The highest BCUT2D eigenvalue weighted by Crippen LogP contribution is 2.22. The van der Waals surface area contributed by atoms with E-state index in [4.69, 9.17) is 14.2 Å². The summed E-state index contributed by atoms with van der Waals surface area (Å²) in [6, 6.07) is 5.07. The van der Waals surface area contributed by atoms with E-state index in [9.17, 15) is 4.39 Å². The Morgan fingerprint density at radius 1 is 1.20 bits per heavy atom. The molecule has 1 rings (SSSR count). The fourth-order valence-corrected chi connectivity index (χ4v) is 1.80. The summed E-state index contributed by atoms with van der Waals surface area (Å²) in [6.45, 7) is 4.84. The summed E-state index contributed by atoms with van der Waals surface area (Å²) in [4.78, 5) is 0. The Bertz CT molecular complexity index is 387. The van der Waals surface area contributed by atoms with Crippen molar-refractivity contribution >= 4 is 0 Å². The highest BCUT2D eigenvalue weighted by atomic mass is 19.1. The van der Waals surface area contributed by atoms with Crippen molar-refractivity contribution in [1.82, 2.24) is 5.32 Å². The number of nitrogens with one attached hydrogen (secondary N) is 1. The van der Waals surface area contributed by atoms with Gasteiger partial charge < -0.3 is 19.5 Å². The molecule has 0 amide bonds. The van der Waals surface area contributed by atoms with Crippen molar-refractivity contribution in [3.63, 3.8) is 0 Å². The van der Waals surface area contributed by atoms with Crippen LogP contribution in [0.1, 0.15) is 24.9 Å². The molecule has 1 unspecified atom stereocenters. The van der Waals surface area contributed by atoms with E-state index >= 15 is 0 Å². The number of hydrogen-bond acceptors (Lipinski definition) is 4. The Morgan fingerprint density at radius 2 is 2.00 bits per heavy atom. The molecule has 20 heavy (non-hydrogen) atoms. The van der Waals surface area contributed by atoms with Crippen LogP contribution in [0.3, 0.4) is 0 Å². The molecule has 0 aliphatic carbocycles. The van der Waals surface area contributed by atoms with Crippen molar-refractivity contribution in [1.29, 1.82) is 0 Å². The van der Waals surface area contributed by atoms with Crippen LogP contribution in [0.25, 0.3) is 0 Å². The topological polar surface area (TPSA) is 39.7 Å². The molecule has 1 N–H and O–H groups in total. The Labute approximate surface area is 120 Å². The van der Waals surface area contributed by atoms with Crippen molar-refractivity contribution in [2.75, 3.05) is 40.6 Å². The van der Waals surface area contributed by atoms with Crippen molar-refractivity contribution in [2.24, 2.45) is 0 Å². The third kappa shape index (κ3) is 5.86. The predicted molar refractivity (Wildman–Crippen MR) is 76.7 cm³/mol. The highest BCUT2D eigenvalue weighted by Gasteiger charge is 2.08. The van der Waals surface area contributed by atoms with Crippen LogP contribution < -0.4 is 10.1 Å². The first-order valence-electron chi connectivity index (χ1n) is 6.82. The van der Waals surface area contributed by atoms with Crippen LogP contribution in [0, 0.1) is 5.82 Å². The molecule has 0 spiro atoms. The van der Waals surface area contributed by atoms with Crippen LogP contribution in [-0.4, -0.2) is 40.6 Å². The van der Waals surface area contributed by atoms with Gasteiger partial charge in [-0.3, -0.25) is 0 Å². The maximum Gasteiger partial charge on any atom is 0.165 e. The second kappa shape index (κ2) is 9.69. The lowest BCUT2D eigenvalue weighted by molar-refractivity contribution is 0.0693. The first-order valence-corrected chi connectivity index (χ1v) is 6.82. The second-order valence-electron chi connectivity index (χ2n) is 4.53. The lowest BCUT2D eigenvalue weighted by Crippen LogP contribution is -2.21. The third-order valence-corrected chi connectivity index (χ3v) is 3.02. The highest BCUT2D eigenvalue weighted by molar-refractivity contribution is 5.31. The summed E-state index contributed by atoms with van der Waals surface area (Å²) >= 11 is 0. The minimum absolute atomic E-state index is 0.142. The van der Waals surface area contributed by atoms with Crippen molar-refractivity contribution < 1.29 is 18.6 Å². The fraction of sp³-hybridized carbons (Fsp3) is 0.600. The van der Waals surface area contributed by atoms with E-state index in [0.29, 0.717) is 19.8 Å². The number of halogens is 1. The molecular weight excluding hydrogens is 261 g/mol. The van der Waals surface area contributed by atoms with Gasteiger partial charge in [0.15, 0.2) is 11.6 Å². The Kier molecular flexibility index (Phi) is 8.18. The van der Waals surface area contributed by atoms with E-state index in [-0.39, 0.29) is 17.6 Å². The molecule has 0 fully saturated rings. The molecule has 0 aliphatic heterocycles. The normalized spacial score (nSPS) is 12.4. The van der Waals surface area contributed by atoms with Crippen LogP contribution in [0.4, 0.5) is 4.39 Å². The number of ether oxygens (including phenoxy) is 3. The lowest BCUT2D eigenvalue weighted by atomic mass is 10.1. The summed E-state index contributed by atoms with van der Waals surface area (Å²) in [5.41, 5.74) is 1.00. The monoisotopic (exact) mass is 285 g/mol. The largest absolute Gasteiger partial charge is 0.494 e. The van der Waals surface area contributed by atoms with Crippen LogP contribution in [0.2, 0.25) is 0 Å². The van der Waals surface area contributed by atoms with Gasteiger partial charge in [0.2, 0.25) is 0 Å². The molecule has 1 atom stereocenters. The zero-order valence-electron chi connectivity index (χ0n) is 12.4. The first-order chi connectivity index (χ1) is 9.69. The van der Waals surface area contributed by atoms with Gasteiger partial charge in [-0.2, -0.15) is 0 Å². The molecule has 1 aromatic carbocycles. The van der Waals surface area contributed by atoms with E-state index in [0.717, 1.165) is 18.5 Å². The predicted octanol–water partition coefficient (Wildman–Crippen LogP) is 2.54. The van der Waals surface area contributed by atoms with Gasteiger partial charge in [-0.1, -0.05) is 6.07 Å². The number of hydrogen-bond donors (Lipinski definition) is 1. The minimum atomic E-state index is -0.338. The number of rotatable bonds is 10. The Balaban J connectivity index is 2.27. The zero-order chi connectivity index (χ0) is 14.8. The maximum atomic E-state index is 13.3. The summed E-state index contributed by atoms with van der Waals surface area (Å²) in [7, 11) is 3.13. The standard InChI is InChI=1S/C15H24FNO3/c1-12(17-7-4-8-20-10-9-18-2)13-5-6-14(16)15(11-13)19-3/h5-6,11-12,17H,4,7-10H2,1-3H3. The van der Waals surface area contributed by atoms with Gasteiger partial charge in [-0.05, 0) is 37.6 Å². The van der Waals surface area contributed by atoms with Crippen molar-refractivity contribution in [2.45, 2.75) is 19.4 Å². The van der Waals surface area contributed by atoms with Crippen molar-refractivity contribution in [3.8, 4) is 5.75 Å². The summed E-state index contributed by atoms with van der Waals surface area (Å²) < 4.78 is 28.6. The van der Waals surface area contributed by atoms with Crippen LogP contribution >= 0.6 is 0 Å². The number of benzene rings is 1. The Hall–Kier alpha value is -1.17. The van der Waals surface area contributed by atoms with Gasteiger partial charge in [0, 0.05) is 19.8 Å². The van der Waals surface area contributed by atoms with E-state index in [1.807, 2.05) is 6.92 Å². The lowest BCUT2D eigenvalue weighted by Gasteiger charge is -2.15. The van der Waals surface area contributed by atoms with Gasteiger partial charge in [0.1, 0.15) is 0 Å². The van der Waals surface area contributed by atoms with Gasteiger partial charge in [0.05, 0.1) is 20.3 Å². The molecule has 1 aromatic rings. The molecule has 0 heterocycles. The summed E-state index contributed by atoms with van der Waals surface area (Å²) in [5.74, 6) is -0.0611. The minimum Gasteiger partial charge on any atom is -0.494 e. The SMILES string of the molecule is COCCOCCCNC(C)c1ccc(F)c(OC)c1. The maximum absolute atomic E-state index is 13.3. The van der Waals surface area contributed by atoms with E-state index in [1.54, 1.807) is 19.2 Å². The third-order valence-electron chi connectivity index (χ3n) is 3.02. The summed E-state index contributed by atoms with van der Waals surface area (Å²) in [6.07, 6.45) is 0.923. The van der Waals surface area contributed by atoms with E-state index in [1.165, 1.54) is 13.2 Å². The summed E-state index contributed by atoms with van der Waals surface area (Å²) in [5, 5.41) is 3.37. The molecule has 0 radical (unpaired) electrons. The van der Waals surface area contributed by atoms with Crippen molar-refractivity contribution in [3.05, 3.63) is 29.6 Å². The second-order valence-corrected chi connectivity index (χ2v) is 4.53. The zero-order valence-corrected chi connectivity index (χ0v) is 12.4. The van der Waals surface area contributed by atoms with Gasteiger partial charge in [-0.15, -0.1) is 0 Å². The molecule has 5 heteroatoms. The molecule has 0 saturated heterocycles. The molecule has 4 nitrogen and oxygen atoms in total. The number of methoxy groups -OCH3 is 2. The van der Waals surface area contributed by atoms with E-state index in [2.05, 4.69) is 5.32 Å². The van der Waals surface area contributed by atoms with Gasteiger partial charge in [0.25, 0.3) is 0 Å². The molecule has 0 aromatic heterocycles. The molecule has 0 saturated carbocycles. The van der Waals surface area contributed by atoms with E-state index < -0.39 is 0 Å². The molecule has 0 bridgehead atoms. The fourth-order valence-electron chi connectivity index (χ4n) is 1.80. The average Bonchev–Trinajstić information content (AvgIpc) is 2.46. The Morgan fingerprint density at radius 3 is 2.70 bits per heavy atom. The molecular formula is C15H24FNO3. The van der Waals surface area contributed by atoms with Gasteiger partial charge >= 0.3 is 0 Å². The van der Waals surface area contributed by atoms with Gasteiger partial charge in [-0.25, -0.2) is 4.39 Å². The quantitative estimate of drug-likeness (QED) is 0.671. The molecule has 114 valence electrons. The first kappa shape index (κ1) is 16.9. The van der Waals surface area contributed by atoms with Crippen LogP contribution in [-0.2, 0) is 9.47 Å². The smallest absolute Gasteiger partial charge is 0.165 e.